The van der Waals surface area contributed by atoms with Crippen molar-refractivity contribution in [2.75, 3.05) is 19.7 Å². The molecule has 0 saturated carbocycles. The Kier molecular flexibility index (Phi) is 4.91. The zero-order chi connectivity index (χ0) is 17.8. The Morgan fingerprint density at radius 1 is 1.12 bits per heavy atom. The maximum Gasteiger partial charge on any atom is 0.226 e. The first-order valence-corrected chi connectivity index (χ1v) is 8.75. The second kappa shape index (κ2) is 7.64. The fourth-order valence-corrected chi connectivity index (χ4v) is 3.02. The van der Waals surface area contributed by atoms with Crippen molar-refractivity contribution >= 4 is 5.78 Å². The number of ketones is 1. The van der Waals surface area contributed by atoms with Crippen LogP contribution >= 0.6 is 0 Å². The van der Waals surface area contributed by atoms with E-state index in [1.165, 1.54) is 6.26 Å². The number of morpholine rings is 1. The number of Topliss-reactive ketones (excluding diaryl/α,β-unsaturated/α-hetero) is 1. The number of nitrogens with one attached hydrogen (secondary N) is 1. The predicted octanol–water partition coefficient (Wildman–Crippen LogP) is 3.43. The van der Waals surface area contributed by atoms with Gasteiger partial charge in [-0.15, -0.1) is 0 Å². The van der Waals surface area contributed by atoms with Gasteiger partial charge in [0, 0.05) is 25.1 Å². The number of benzene rings is 2. The summed E-state index contributed by atoms with van der Waals surface area (Å²) in [6.45, 7) is 2.44. The van der Waals surface area contributed by atoms with Crippen LogP contribution in [0.5, 0.6) is 0 Å². The molecule has 0 spiro atoms. The van der Waals surface area contributed by atoms with Gasteiger partial charge in [-0.25, -0.2) is 4.98 Å². The first-order chi connectivity index (χ1) is 12.8. The number of aromatic nitrogens is 1. The molecule has 1 saturated heterocycles. The Labute approximate surface area is 152 Å². The molecule has 0 radical (unpaired) electrons. The molecule has 1 unspecified atom stereocenters. The lowest BCUT2D eigenvalue weighted by molar-refractivity contribution is 0.0277. The quantitative estimate of drug-likeness (QED) is 0.716. The summed E-state index contributed by atoms with van der Waals surface area (Å²) in [7, 11) is 0. The van der Waals surface area contributed by atoms with Crippen molar-refractivity contribution in [3.63, 3.8) is 0 Å². The third-order valence-electron chi connectivity index (χ3n) is 4.45. The van der Waals surface area contributed by atoms with Crippen LogP contribution in [0.2, 0.25) is 0 Å². The van der Waals surface area contributed by atoms with Crippen LogP contribution in [-0.4, -0.2) is 30.5 Å². The highest BCUT2D eigenvalue weighted by atomic mass is 16.5. The fraction of sp³-hybridized carbons (Fsp3) is 0.238. The van der Waals surface area contributed by atoms with Gasteiger partial charge >= 0.3 is 0 Å². The van der Waals surface area contributed by atoms with Crippen LogP contribution in [0.4, 0.5) is 0 Å². The van der Waals surface area contributed by atoms with Crippen molar-refractivity contribution in [2.24, 2.45) is 0 Å². The molecular formula is C21H20N2O3. The molecule has 4 rings (SSSR count). The highest BCUT2D eigenvalue weighted by molar-refractivity contribution is 5.95. The van der Waals surface area contributed by atoms with Gasteiger partial charge in [0.1, 0.15) is 12.0 Å². The third kappa shape index (κ3) is 3.74. The van der Waals surface area contributed by atoms with Gasteiger partial charge in [0.15, 0.2) is 5.78 Å². The first kappa shape index (κ1) is 16.7. The van der Waals surface area contributed by atoms with Gasteiger partial charge in [-0.2, -0.15) is 0 Å². The average molecular weight is 348 g/mol. The summed E-state index contributed by atoms with van der Waals surface area (Å²) in [6.07, 6.45) is 1.81. The second-order valence-electron chi connectivity index (χ2n) is 6.31. The molecular weight excluding hydrogens is 328 g/mol. The molecule has 2 heterocycles. The molecule has 1 N–H and O–H groups in total. The molecule has 0 amide bonds. The summed E-state index contributed by atoms with van der Waals surface area (Å²) in [5.41, 5.74) is 3.29. The Balaban J connectivity index is 1.42. The summed E-state index contributed by atoms with van der Waals surface area (Å²) in [4.78, 5) is 16.8. The number of hydrogen-bond donors (Lipinski definition) is 1. The number of carbonyl (C=O) groups is 1. The van der Waals surface area contributed by atoms with Crippen molar-refractivity contribution in [3.05, 3.63) is 77.7 Å². The van der Waals surface area contributed by atoms with Crippen LogP contribution in [0.15, 0.2) is 65.3 Å². The Morgan fingerprint density at radius 3 is 2.65 bits per heavy atom. The Bertz CT molecular complexity index is 866. The first-order valence-electron chi connectivity index (χ1n) is 8.75. The van der Waals surface area contributed by atoms with Crippen LogP contribution in [-0.2, 0) is 11.2 Å². The molecule has 0 aliphatic carbocycles. The maximum absolute atomic E-state index is 12.5. The van der Waals surface area contributed by atoms with Crippen molar-refractivity contribution in [3.8, 4) is 11.5 Å². The normalized spacial score (nSPS) is 17.2. The maximum atomic E-state index is 12.5. The molecule has 0 bridgehead atoms. The number of nitrogens with zero attached hydrogens (tertiary/aromatic N) is 1. The van der Waals surface area contributed by atoms with E-state index in [2.05, 4.69) is 10.3 Å². The third-order valence-corrected chi connectivity index (χ3v) is 4.45. The molecule has 5 heteroatoms. The van der Waals surface area contributed by atoms with E-state index in [1.807, 2.05) is 54.6 Å². The minimum Gasteiger partial charge on any atom is -0.444 e. The minimum atomic E-state index is -0.0562. The van der Waals surface area contributed by atoms with Gasteiger partial charge in [0.25, 0.3) is 0 Å². The molecule has 1 fully saturated rings. The minimum absolute atomic E-state index is 0.0562. The summed E-state index contributed by atoms with van der Waals surface area (Å²) in [5, 5.41) is 3.32. The Morgan fingerprint density at radius 2 is 1.92 bits per heavy atom. The van der Waals surface area contributed by atoms with Gasteiger partial charge in [0.2, 0.25) is 5.89 Å². The SMILES string of the molecule is O=C(Cc1ccc(C2CNCCO2)cc1)c1coc(-c2ccccc2)n1. The van der Waals surface area contributed by atoms with Gasteiger partial charge < -0.3 is 14.5 Å². The van der Waals surface area contributed by atoms with E-state index in [9.17, 15) is 4.79 Å². The number of hydrogen-bond acceptors (Lipinski definition) is 5. The van der Waals surface area contributed by atoms with E-state index in [1.54, 1.807) is 0 Å². The monoisotopic (exact) mass is 348 g/mol. The largest absolute Gasteiger partial charge is 0.444 e. The highest BCUT2D eigenvalue weighted by Crippen LogP contribution is 2.21. The number of oxazole rings is 1. The van der Waals surface area contributed by atoms with Crippen LogP contribution in [0.25, 0.3) is 11.5 Å². The standard InChI is InChI=1S/C21H20N2O3/c24-19(18-14-26-21(23-18)17-4-2-1-3-5-17)12-15-6-8-16(9-7-15)20-13-22-10-11-25-20/h1-9,14,20,22H,10-13H2. The zero-order valence-corrected chi connectivity index (χ0v) is 14.4. The lowest BCUT2D eigenvalue weighted by Gasteiger charge is -2.24. The van der Waals surface area contributed by atoms with E-state index < -0.39 is 0 Å². The van der Waals surface area contributed by atoms with Gasteiger partial charge in [-0.05, 0) is 23.3 Å². The topological polar surface area (TPSA) is 64.4 Å². The molecule has 1 aliphatic heterocycles. The second-order valence-corrected chi connectivity index (χ2v) is 6.31. The predicted molar refractivity (Wildman–Crippen MR) is 98.0 cm³/mol. The van der Waals surface area contributed by atoms with Crippen LogP contribution in [0.3, 0.4) is 0 Å². The summed E-state index contributed by atoms with van der Waals surface area (Å²) < 4.78 is 11.2. The van der Waals surface area contributed by atoms with Crippen molar-refractivity contribution in [1.29, 1.82) is 0 Å². The summed E-state index contributed by atoms with van der Waals surface area (Å²) >= 11 is 0. The highest BCUT2D eigenvalue weighted by Gasteiger charge is 2.17. The summed E-state index contributed by atoms with van der Waals surface area (Å²) in [6, 6.07) is 17.6. The van der Waals surface area contributed by atoms with E-state index in [0.717, 1.165) is 36.4 Å². The average Bonchev–Trinajstić information content (AvgIpc) is 3.20. The molecule has 132 valence electrons. The zero-order valence-electron chi connectivity index (χ0n) is 14.4. The smallest absolute Gasteiger partial charge is 0.226 e. The molecule has 1 aromatic heterocycles. The van der Waals surface area contributed by atoms with Crippen LogP contribution in [0.1, 0.15) is 27.7 Å². The van der Waals surface area contributed by atoms with Gasteiger partial charge in [-0.1, -0.05) is 42.5 Å². The van der Waals surface area contributed by atoms with Crippen molar-refractivity contribution in [1.82, 2.24) is 10.3 Å². The van der Waals surface area contributed by atoms with E-state index in [0.29, 0.717) is 18.0 Å². The van der Waals surface area contributed by atoms with E-state index in [-0.39, 0.29) is 11.9 Å². The van der Waals surface area contributed by atoms with E-state index >= 15 is 0 Å². The lowest BCUT2D eigenvalue weighted by atomic mass is 10.0. The number of carbonyl (C=O) groups excluding carboxylic acids is 1. The summed E-state index contributed by atoms with van der Waals surface area (Å²) in [5.74, 6) is 0.408. The lowest BCUT2D eigenvalue weighted by Crippen LogP contribution is -2.33. The van der Waals surface area contributed by atoms with E-state index in [4.69, 9.17) is 9.15 Å². The molecule has 2 aromatic carbocycles. The molecule has 5 nitrogen and oxygen atoms in total. The van der Waals surface area contributed by atoms with Gasteiger partial charge in [0.05, 0.1) is 12.7 Å². The number of ether oxygens (including phenoxy) is 1. The Hall–Kier alpha value is -2.76. The van der Waals surface area contributed by atoms with Crippen molar-refractivity contribution in [2.45, 2.75) is 12.5 Å². The van der Waals surface area contributed by atoms with Crippen molar-refractivity contribution < 1.29 is 13.9 Å². The number of rotatable bonds is 5. The molecule has 3 aromatic rings. The fourth-order valence-electron chi connectivity index (χ4n) is 3.02. The van der Waals surface area contributed by atoms with Gasteiger partial charge in [-0.3, -0.25) is 4.79 Å². The van der Waals surface area contributed by atoms with Crippen LogP contribution < -0.4 is 5.32 Å². The van der Waals surface area contributed by atoms with Crippen LogP contribution in [0, 0.1) is 0 Å². The molecule has 1 atom stereocenters. The molecule has 1 aliphatic rings. The molecule has 26 heavy (non-hydrogen) atoms.